The van der Waals surface area contributed by atoms with Crippen LogP contribution in [0.25, 0.3) is 0 Å². The molecule has 0 aliphatic rings. The topological polar surface area (TPSA) is 29.1 Å². The van der Waals surface area contributed by atoms with Crippen molar-refractivity contribution in [1.82, 2.24) is 0 Å². The lowest BCUT2D eigenvalue weighted by molar-refractivity contribution is -0.115. The number of amides is 1. The SMILES string of the molecule is C[C@H](Sc1ccc(F)cc1F)C(=O)Nc1c(Cl)cccc1Cl. The van der Waals surface area contributed by atoms with E-state index < -0.39 is 16.9 Å². The first-order valence-corrected chi connectivity index (χ1v) is 7.88. The van der Waals surface area contributed by atoms with Crippen LogP contribution < -0.4 is 5.32 Å². The van der Waals surface area contributed by atoms with Crippen LogP contribution in [0, 0.1) is 11.6 Å². The molecule has 0 aromatic heterocycles. The Morgan fingerprint density at radius 2 is 1.82 bits per heavy atom. The predicted octanol–water partition coefficient (Wildman–Crippen LogP) is 5.39. The Kier molecular flexibility index (Phi) is 5.67. The first kappa shape index (κ1) is 17.1. The predicted molar refractivity (Wildman–Crippen MR) is 86.8 cm³/mol. The zero-order chi connectivity index (χ0) is 16.3. The average molecular weight is 362 g/mol. The van der Waals surface area contributed by atoms with Crippen molar-refractivity contribution in [3.05, 3.63) is 58.1 Å². The molecule has 1 atom stereocenters. The number of nitrogens with one attached hydrogen (secondary N) is 1. The fourth-order valence-electron chi connectivity index (χ4n) is 1.66. The van der Waals surface area contributed by atoms with Crippen LogP contribution in [0.1, 0.15) is 6.92 Å². The zero-order valence-electron chi connectivity index (χ0n) is 11.4. The highest BCUT2D eigenvalue weighted by Crippen LogP contribution is 2.32. The highest BCUT2D eigenvalue weighted by molar-refractivity contribution is 8.00. The number of hydrogen-bond acceptors (Lipinski definition) is 2. The van der Waals surface area contributed by atoms with Gasteiger partial charge in [0.2, 0.25) is 5.91 Å². The molecule has 0 aliphatic heterocycles. The van der Waals surface area contributed by atoms with E-state index in [9.17, 15) is 13.6 Å². The van der Waals surface area contributed by atoms with Crippen LogP contribution in [-0.4, -0.2) is 11.2 Å². The molecule has 2 aromatic carbocycles. The van der Waals surface area contributed by atoms with Crippen molar-refractivity contribution in [1.29, 1.82) is 0 Å². The second-order valence-corrected chi connectivity index (χ2v) is 6.62. The first-order valence-electron chi connectivity index (χ1n) is 6.25. The summed E-state index contributed by atoms with van der Waals surface area (Å²) in [7, 11) is 0. The van der Waals surface area contributed by atoms with Crippen LogP contribution in [0.15, 0.2) is 41.3 Å². The Bertz CT molecular complexity index is 692. The molecule has 0 aliphatic carbocycles. The summed E-state index contributed by atoms with van der Waals surface area (Å²) < 4.78 is 26.5. The van der Waals surface area contributed by atoms with E-state index in [4.69, 9.17) is 23.2 Å². The van der Waals surface area contributed by atoms with Crippen molar-refractivity contribution in [3.8, 4) is 0 Å². The number of para-hydroxylation sites is 1. The minimum atomic E-state index is -0.708. The Hall–Kier alpha value is -1.30. The first-order chi connectivity index (χ1) is 10.4. The molecule has 2 nitrogen and oxygen atoms in total. The monoisotopic (exact) mass is 361 g/mol. The van der Waals surface area contributed by atoms with Crippen LogP contribution in [0.3, 0.4) is 0 Å². The van der Waals surface area contributed by atoms with E-state index in [0.717, 1.165) is 23.9 Å². The third-order valence-electron chi connectivity index (χ3n) is 2.78. The fourth-order valence-corrected chi connectivity index (χ4v) is 3.01. The molecular weight excluding hydrogens is 351 g/mol. The second kappa shape index (κ2) is 7.31. The fraction of sp³-hybridized carbons (Fsp3) is 0.133. The van der Waals surface area contributed by atoms with Crippen molar-refractivity contribution < 1.29 is 13.6 Å². The Morgan fingerprint density at radius 1 is 1.18 bits per heavy atom. The smallest absolute Gasteiger partial charge is 0.237 e. The highest BCUT2D eigenvalue weighted by Gasteiger charge is 2.19. The van der Waals surface area contributed by atoms with E-state index >= 15 is 0 Å². The van der Waals surface area contributed by atoms with Gasteiger partial charge < -0.3 is 5.32 Å². The number of anilines is 1. The van der Waals surface area contributed by atoms with Gasteiger partial charge in [0.1, 0.15) is 11.6 Å². The molecule has 0 heterocycles. The van der Waals surface area contributed by atoms with Gasteiger partial charge in [0.25, 0.3) is 0 Å². The maximum atomic E-state index is 13.6. The number of carbonyl (C=O) groups is 1. The van der Waals surface area contributed by atoms with Crippen molar-refractivity contribution in [2.75, 3.05) is 5.32 Å². The molecule has 0 saturated carbocycles. The van der Waals surface area contributed by atoms with E-state index in [-0.39, 0.29) is 10.8 Å². The summed E-state index contributed by atoms with van der Waals surface area (Å²) in [6.07, 6.45) is 0. The molecule has 7 heteroatoms. The van der Waals surface area contributed by atoms with Gasteiger partial charge in [-0.2, -0.15) is 0 Å². The summed E-state index contributed by atoms with van der Waals surface area (Å²) in [5, 5.41) is 2.61. The molecule has 22 heavy (non-hydrogen) atoms. The van der Waals surface area contributed by atoms with Gasteiger partial charge in [-0.3, -0.25) is 4.79 Å². The van der Waals surface area contributed by atoms with E-state index in [1.165, 1.54) is 6.07 Å². The Balaban J connectivity index is 2.09. The highest BCUT2D eigenvalue weighted by atomic mass is 35.5. The largest absolute Gasteiger partial charge is 0.323 e. The van der Waals surface area contributed by atoms with Gasteiger partial charge in [-0.05, 0) is 31.2 Å². The van der Waals surface area contributed by atoms with E-state index in [2.05, 4.69) is 5.32 Å². The lowest BCUT2D eigenvalue weighted by Gasteiger charge is -2.14. The van der Waals surface area contributed by atoms with Crippen LogP contribution >= 0.6 is 35.0 Å². The van der Waals surface area contributed by atoms with Gasteiger partial charge in [0, 0.05) is 11.0 Å². The Morgan fingerprint density at radius 3 is 2.41 bits per heavy atom. The normalized spacial score (nSPS) is 12.0. The molecule has 0 spiro atoms. The van der Waals surface area contributed by atoms with Crippen molar-refractivity contribution >= 4 is 46.6 Å². The summed E-state index contributed by atoms with van der Waals surface area (Å²) in [4.78, 5) is 12.3. The summed E-state index contributed by atoms with van der Waals surface area (Å²) in [5.41, 5.74) is 0.308. The number of hydrogen-bond donors (Lipinski definition) is 1. The second-order valence-electron chi connectivity index (χ2n) is 4.42. The summed E-state index contributed by atoms with van der Waals surface area (Å²) in [5.74, 6) is -1.76. The lowest BCUT2D eigenvalue weighted by atomic mass is 10.3. The molecular formula is C15H11Cl2F2NOS. The quantitative estimate of drug-likeness (QED) is 0.739. The summed E-state index contributed by atoms with van der Waals surface area (Å²) in [6.45, 7) is 1.60. The molecule has 116 valence electrons. The van der Waals surface area contributed by atoms with Gasteiger partial charge in [0.15, 0.2) is 0 Å². The summed E-state index contributed by atoms with van der Waals surface area (Å²) in [6, 6.07) is 8.06. The Labute approximate surface area is 140 Å². The molecule has 1 amide bonds. The molecule has 0 fully saturated rings. The number of carbonyl (C=O) groups excluding carboxylic acids is 1. The van der Waals surface area contributed by atoms with Gasteiger partial charge in [-0.15, -0.1) is 11.8 Å². The van der Waals surface area contributed by atoms with Crippen molar-refractivity contribution in [3.63, 3.8) is 0 Å². The van der Waals surface area contributed by atoms with Crippen LogP contribution in [0.4, 0.5) is 14.5 Å². The van der Waals surface area contributed by atoms with Gasteiger partial charge in [-0.25, -0.2) is 8.78 Å². The maximum Gasteiger partial charge on any atom is 0.237 e. The molecule has 1 N–H and O–H groups in total. The van der Waals surface area contributed by atoms with Gasteiger partial charge in [0.05, 0.1) is 21.0 Å². The summed E-state index contributed by atoms with van der Waals surface area (Å²) >= 11 is 12.9. The number of halogens is 4. The number of thioether (sulfide) groups is 1. The third-order valence-corrected chi connectivity index (χ3v) is 4.56. The minimum Gasteiger partial charge on any atom is -0.323 e. The minimum absolute atomic E-state index is 0.189. The lowest BCUT2D eigenvalue weighted by Crippen LogP contribution is -2.22. The van der Waals surface area contributed by atoms with Crippen molar-refractivity contribution in [2.24, 2.45) is 0 Å². The average Bonchev–Trinajstić information content (AvgIpc) is 2.45. The third kappa shape index (κ3) is 4.12. The van der Waals surface area contributed by atoms with Gasteiger partial charge in [-0.1, -0.05) is 29.3 Å². The zero-order valence-corrected chi connectivity index (χ0v) is 13.7. The molecule has 0 unspecified atom stereocenters. The van der Waals surface area contributed by atoms with Gasteiger partial charge >= 0.3 is 0 Å². The number of benzene rings is 2. The van der Waals surface area contributed by atoms with E-state index in [0.29, 0.717) is 15.7 Å². The number of rotatable bonds is 4. The van der Waals surface area contributed by atoms with E-state index in [1.807, 2.05) is 0 Å². The molecule has 0 saturated heterocycles. The van der Waals surface area contributed by atoms with Crippen LogP contribution in [0.5, 0.6) is 0 Å². The molecule has 0 radical (unpaired) electrons. The van der Waals surface area contributed by atoms with Crippen LogP contribution in [-0.2, 0) is 4.79 Å². The molecule has 2 aromatic rings. The maximum absolute atomic E-state index is 13.6. The van der Waals surface area contributed by atoms with Crippen LogP contribution in [0.2, 0.25) is 10.0 Å². The molecule has 2 rings (SSSR count). The molecule has 0 bridgehead atoms. The van der Waals surface area contributed by atoms with Crippen molar-refractivity contribution in [2.45, 2.75) is 17.1 Å². The standard InChI is InChI=1S/C15H11Cl2F2NOS/c1-8(22-13-6-5-9(18)7-12(13)19)15(21)20-14-10(16)3-2-4-11(14)17/h2-8H,1H3,(H,20,21)/t8-/m0/s1. The van der Waals surface area contributed by atoms with E-state index in [1.54, 1.807) is 25.1 Å².